The number of nitrogens with zero attached hydrogens (tertiary/aromatic N) is 4. The highest BCUT2D eigenvalue weighted by Crippen LogP contribution is 2.79. The van der Waals surface area contributed by atoms with Crippen LogP contribution in [0.1, 0.15) is 22.3 Å². The van der Waals surface area contributed by atoms with E-state index in [2.05, 4.69) is 0 Å². The lowest BCUT2D eigenvalue weighted by Crippen LogP contribution is -2.05. The Morgan fingerprint density at radius 3 is 0.729 bits per heavy atom. The van der Waals surface area contributed by atoms with Crippen LogP contribution in [0.3, 0.4) is 0 Å². The topological polar surface area (TPSA) is 123 Å². The van der Waals surface area contributed by atoms with E-state index in [0.717, 1.165) is 22.3 Å². The molecule has 0 unspecified atom stereocenters. The first kappa shape index (κ1) is 36.1. The van der Waals surface area contributed by atoms with E-state index >= 15 is 0 Å². The van der Waals surface area contributed by atoms with Crippen molar-refractivity contribution in [2.45, 2.75) is 27.7 Å². The van der Waals surface area contributed by atoms with Gasteiger partial charge >= 0.3 is 30.6 Å². The summed E-state index contributed by atoms with van der Waals surface area (Å²) < 4.78 is 71.1. The average molecular weight is 733 g/mol. The second-order valence-electron chi connectivity index (χ2n) is 10.7. The first-order valence-corrected chi connectivity index (χ1v) is 20.9. The summed E-state index contributed by atoms with van der Waals surface area (Å²) in [4.78, 5) is 0. The van der Waals surface area contributed by atoms with Gasteiger partial charge in [0.2, 0.25) is 0 Å². The molecule has 0 amide bonds. The van der Waals surface area contributed by atoms with Crippen LogP contribution >= 0.6 is 30.6 Å². The van der Waals surface area contributed by atoms with Gasteiger partial charge < -0.3 is 36.2 Å². The highest BCUT2D eigenvalue weighted by atomic mass is 31.3. The van der Waals surface area contributed by atoms with Gasteiger partial charge in [-0.1, -0.05) is 48.5 Å². The van der Waals surface area contributed by atoms with Gasteiger partial charge in [-0.15, -0.1) is 18.1 Å². The van der Waals surface area contributed by atoms with Crippen LogP contribution in [-0.4, -0.2) is 28.4 Å². The molecule has 4 aromatic rings. The van der Waals surface area contributed by atoms with Crippen LogP contribution in [0, 0.1) is 27.7 Å². The van der Waals surface area contributed by atoms with E-state index in [4.69, 9.17) is 54.3 Å². The Hall–Kier alpha value is -3.16. The lowest BCUT2D eigenvalue weighted by molar-refractivity contribution is 0.355. The molecule has 256 valence electrons. The summed E-state index contributed by atoms with van der Waals surface area (Å²) in [5.74, 6) is 1.77. The number of aryl methyl sites for hydroxylation is 4. The molecule has 0 N–H and O–H groups in total. The zero-order valence-corrected chi connectivity index (χ0v) is 31.7. The molecule has 0 aromatic heterocycles. The molecule has 0 aliphatic carbocycles. The minimum Gasteiger partial charge on any atom is -0.422 e. The quantitative estimate of drug-likeness (QED) is 0.132. The molecule has 4 aromatic carbocycles. The lowest BCUT2D eigenvalue weighted by Gasteiger charge is -2.31. The molecular weight excluding hydrogens is 692 g/mol. The fourth-order valence-corrected chi connectivity index (χ4v) is 16.3. The van der Waals surface area contributed by atoms with Crippen molar-refractivity contribution in [2.75, 3.05) is 28.4 Å². The Bertz CT molecular complexity index is 1710. The summed E-state index contributed by atoms with van der Waals surface area (Å²) in [6, 6.07) is 29.7. The van der Waals surface area contributed by atoms with Crippen LogP contribution < -0.4 is 18.1 Å². The van der Waals surface area contributed by atoms with Crippen LogP contribution in [0.25, 0.3) is 0 Å². The van der Waals surface area contributed by atoms with Gasteiger partial charge in [-0.05, 0) is 98.5 Å². The van der Waals surface area contributed by atoms with Gasteiger partial charge in [0.1, 0.15) is 23.0 Å². The molecule has 0 saturated heterocycles. The molecule has 48 heavy (non-hydrogen) atoms. The van der Waals surface area contributed by atoms with Crippen LogP contribution in [0.4, 0.5) is 0 Å². The largest absolute Gasteiger partial charge is 0.422 e. The second-order valence-corrected chi connectivity index (χ2v) is 19.7. The van der Waals surface area contributed by atoms with E-state index < -0.39 is 30.6 Å². The summed E-state index contributed by atoms with van der Waals surface area (Å²) >= 11 is 0. The first-order valence-electron chi connectivity index (χ1n) is 14.8. The molecule has 0 radical (unpaired) electrons. The predicted octanol–water partition coefficient (Wildman–Crippen LogP) is 11.9. The van der Waals surface area contributed by atoms with E-state index in [1.807, 2.05) is 100 Å². The molecule has 1 aliphatic rings. The minimum atomic E-state index is -3.85. The zero-order chi connectivity index (χ0) is 34.4. The van der Waals surface area contributed by atoms with Crippen molar-refractivity contribution in [2.24, 2.45) is 18.1 Å². The van der Waals surface area contributed by atoms with Gasteiger partial charge in [0.25, 0.3) is 0 Å². The molecule has 12 nitrogen and oxygen atoms in total. The normalized spacial score (nSPS) is 25.2. The number of rotatable bonds is 12. The number of hydrogen-bond donors (Lipinski definition) is 0. The third kappa shape index (κ3) is 8.70. The zero-order valence-electron chi connectivity index (χ0n) is 28.1. The van der Waals surface area contributed by atoms with Crippen molar-refractivity contribution in [3.63, 3.8) is 0 Å². The smallest absolute Gasteiger partial charge is 0.404 e. The van der Waals surface area contributed by atoms with E-state index in [9.17, 15) is 0 Å². The third-order valence-electron chi connectivity index (χ3n) is 6.71. The van der Waals surface area contributed by atoms with E-state index in [0.29, 0.717) is 23.0 Å². The van der Waals surface area contributed by atoms with E-state index in [-0.39, 0.29) is 0 Å². The molecule has 1 aliphatic heterocycles. The highest BCUT2D eigenvalue weighted by Gasteiger charge is 2.45. The Kier molecular flexibility index (Phi) is 11.4. The van der Waals surface area contributed by atoms with E-state index in [1.165, 1.54) is 28.4 Å². The van der Waals surface area contributed by atoms with Crippen molar-refractivity contribution in [1.82, 2.24) is 0 Å². The molecule has 0 bridgehead atoms. The minimum absolute atomic E-state index is 0.441. The molecule has 1 heterocycles. The van der Waals surface area contributed by atoms with Crippen LogP contribution in [0.2, 0.25) is 0 Å². The summed E-state index contributed by atoms with van der Waals surface area (Å²) in [6.45, 7) is 7.79. The van der Waals surface area contributed by atoms with Crippen molar-refractivity contribution < 1.29 is 36.2 Å². The summed E-state index contributed by atoms with van der Waals surface area (Å²) in [6.07, 6.45) is 0. The van der Waals surface area contributed by atoms with E-state index in [1.54, 1.807) is 24.3 Å². The Morgan fingerprint density at radius 1 is 0.354 bits per heavy atom. The monoisotopic (exact) mass is 732 g/mol. The van der Waals surface area contributed by atoms with Gasteiger partial charge in [0.05, 0.1) is 0 Å². The SMILES string of the molecule is COP1(Oc2cccc(C)c2)=NP(OC)(Oc2cccc(C)c2)=NP(OC)(Oc2cccc(C)c2)=NP(OC)(Oc2cccc(C)c2)=N1. The highest BCUT2D eigenvalue weighted by molar-refractivity contribution is 7.78. The lowest BCUT2D eigenvalue weighted by atomic mass is 10.2. The maximum Gasteiger partial charge on any atom is 0.404 e. The van der Waals surface area contributed by atoms with Gasteiger partial charge in [-0.3, -0.25) is 0 Å². The summed E-state index contributed by atoms with van der Waals surface area (Å²) in [5.41, 5.74) is 3.80. The van der Waals surface area contributed by atoms with Crippen LogP contribution in [0.5, 0.6) is 23.0 Å². The van der Waals surface area contributed by atoms with Gasteiger partial charge in [-0.2, -0.15) is 0 Å². The van der Waals surface area contributed by atoms with Crippen LogP contribution in [0.15, 0.2) is 115 Å². The third-order valence-corrected chi connectivity index (χ3v) is 17.6. The Morgan fingerprint density at radius 2 is 0.562 bits per heavy atom. The maximum atomic E-state index is 6.58. The summed E-state index contributed by atoms with van der Waals surface area (Å²) in [7, 11) is -9.63. The van der Waals surface area contributed by atoms with Gasteiger partial charge in [0.15, 0.2) is 0 Å². The molecule has 0 saturated carbocycles. The predicted molar refractivity (Wildman–Crippen MR) is 193 cm³/mol. The van der Waals surface area contributed by atoms with Gasteiger partial charge in [-0.25, -0.2) is 0 Å². The first-order chi connectivity index (χ1) is 23.0. The fourth-order valence-electron chi connectivity index (χ4n) is 4.47. The number of hydrogen-bond acceptors (Lipinski definition) is 12. The standard InChI is InChI=1S/C32H40N4O8P4/c1-25-13-9-17-29(21-25)41-45(37-5)33-46(38-6,42-30-18-10-14-26(2)22-30)35-48(40-8,44-32-20-12-16-28(4)24-32)36-47(34-45,39-7)43-31-19-11-15-27(3)23-31/h9-24H,1-8H3. The van der Waals surface area contributed by atoms with Crippen molar-refractivity contribution in [1.29, 1.82) is 0 Å². The second kappa shape index (κ2) is 15.2. The van der Waals surface area contributed by atoms with Crippen LogP contribution in [-0.2, 0) is 18.1 Å². The Labute approximate surface area is 282 Å². The number of benzene rings is 4. The molecule has 0 fully saturated rings. The molecule has 0 spiro atoms. The Balaban J connectivity index is 1.89. The fraction of sp³-hybridized carbons (Fsp3) is 0.250. The maximum absolute atomic E-state index is 6.58. The van der Waals surface area contributed by atoms with Crippen molar-refractivity contribution in [3.05, 3.63) is 119 Å². The van der Waals surface area contributed by atoms with Crippen molar-refractivity contribution in [3.8, 4) is 23.0 Å². The average Bonchev–Trinajstić information content (AvgIpc) is 3.04. The molecule has 5 rings (SSSR count). The molecule has 16 heteroatoms. The summed E-state index contributed by atoms with van der Waals surface area (Å²) in [5, 5.41) is 0. The molecule has 0 atom stereocenters. The van der Waals surface area contributed by atoms with Gasteiger partial charge in [0, 0.05) is 28.4 Å². The van der Waals surface area contributed by atoms with Crippen molar-refractivity contribution >= 4 is 30.6 Å². The molecular formula is C32H40N4O8P4.